The van der Waals surface area contributed by atoms with E-state index >= 15 is 0 Å². The Balaban J connectivity index is 2.16. The van der Waals surface area contributed by atoms with Gasteiger partial charge in [-0.15, -0.1) is 0 Å². The van der Waals surface area contributed by atoms with Gasteiger partial charge in [0.1, 0.15) is 0 Å². The number of unbranched alkanes of at least 4 members (excludes halogenated alkanes) is 1. The fraction of sp³-hybridized carbons (Fsp3) is 0.667. The summed E-state index contributed by atoms with van der Waals surface area (Å²) >= 11 is 0. The molecule has 0 unspecified atom stereocenters. The van der Waals surface area contributed by atoms with Gasteiger partial charge in [-0.25, -0.2) is 4.79 Å². The molecule has 0 aromatic carbocycles. The van der Waals surface area contributed by atoms with Crippen LogP contribution in [-0.4, -0.2) is 24.1 Å². The average Bonchev–Trinajstić information content (AvgIpc) is 2.78. The molecule has 22 heavy (non-hydrogen) atoms. The lowest BCUT2D eigenvalue weighted by Crippen LogP contribution is -2.43. The molecule has 0 bridgehead atoms. The Morgan fingerprint density at radius 2 is 2.23 bits per heavy atom. The SMILES string of the molecule is CCCCOC(=O)/C=C/[C@]12C=CCC[C@@]1(CCC)CC(=O)O2. The number of hydrogen-bond acceptors (Lipinski definition) is 4. The Hall–Kier alpha value is -1.58. The molecule has 0 aromatic heterocycles. The summed E-state index contributed by atoms with van der Waals surface area (Å²) in [6, 6.07) is 0. The maximum atomic E-state index is 11.9. The summed E-state index contributed by atoms with van der Waals surface area (Å²) < 4.78 is 10.8. The first-order valence-electron chi connectivity index (χ1n) is 8.33. The Kier molecular flexibility index (Phi) is 5.43. The van der Waals surface area contributed by atoms with Gasteiger partial charge in [-0.05, 0) is 37.8 Å². The molecule has 0 radical (unpaired) electrons. The van der Waals surface area contributed by atoms with Gasteiger partial charge in [-0.1, -0.05) is 32.8 Å². The highest BCUT2D eigenvalue weighted by Gasteiger charge is 2.57. The molecule has 0 amide bonds. The maximum absolute atomic E-state index is 11.9. The number of ether oxygens (including phenoxy) is 2. The minimum absolute atomic E-state index is 0.177. The molecule has 0 spiro atoms. The molecule has 0 N–H and O–H groups in total. The van der Waals surface area contributed by atoms with Gasteiger partial charge in [0.15, 0.2) is 5.60 Å². The first kappa shape index (κ1) is 16.8. The molecule has 2 rings (SSSR count). The normalized spacial score (nSPS) is 30.4. The molecule has 1 aliphatic carbocycles. The van der Waals surface area contributed by atoms with E-state index in [1.807, 2.05) is 19.1 Å². The first-order valence-corrected chi connectivity index (χ1v) is 8.33. The van der Waals surface area contributed by atoms with E-state index in [1.165, 1.54) is 6.08 Å². The molecule has 0 aromatic rings. The van der Waals surface area contributed by atoms with Crippen molar-refractivity contribution in [3.05, 3.63) is 24.3 Å². The van der Waals surface area contributed by atoms with Gasteiger partial charge < -0.3 is 9.47 Å². The van der Waals surface area contributed by atoms with Gasteiger partial charge in [0.05, 0.1) is 13.0 Å². The number of rotatable bonds is 7. The van der Waals surface area contributed by atoms with Gasteiger partial charge in [0.2, 0.25) is 0 Å². The van der Waals surface area contributed by atoms with Crippen LogP contribution in [0.4, 0.5) is 0 Å². The second-order valence-corrected chi connectivity index (χ2v) is 6.27. The Morgan fingerprint density at radius 1 is 1.41 bits per heavy atom. The van der Waals surface area contributed by atoms with E-state index in [4.69, 9.17) is 9.47 Å². The average molecular weight is 306 g/mol. The van der Waals surface area contributed by atoms with E-state index in [0.29, 0.717) is 13.0 Å². The smallest absolute Gasteiger partial charge is 0.330 e. The second-order valence-electron chi connectivity index (χ2n) is 6.27. The summed E-state index contributed by atoms with van der Waals surface area (Å²) in [7, 11) is 0. The molecule has 2 atom stereocenters. The topological polar surface area (TPSA) is 52.6 Å². The number of carbonyl (C=O) groups excluding carboxylic acids is 2. The van der Waals surface area contributed by atoms with Crippen LogP contribution in [0.2, 0.25) is 0 Å². The van der Waals surface area contributed by atoms with E-state index in [9.17, 15) is 9.59 Å². The first-order chi connectivity index (χ1) is 10.6. The zero-order valence-corrected chi connectivity index (χ0v) is 13.6. The highest BCUT2D eigenvalue weighted by atomic mass is 16.6. The van der Waals surface area contributed by atoms with Gasteiger partial charge in [-0.3, -0.25) is 4.79 Å². The predicted octanol–water partition coefficient (Wildman–Crippen LogP) is 3.71. The van der Waals surface area contributed by atoms with Crippen LogP contribution in [0.1, 0.15) is 58.8 Å². The van der Waals surface area contributed by atoms with Crippen molar-refractivity contribution in [3.63, 3.8) is 0 Å². The summed E-state index contributed by atoms with van der Waals surface area (Å²) in [6.45, 7) is 4.60. The number of esters is 2. The van der Waals surface area contributed by atoms with Crippen LogP contribution in [0.5, 0.6) is 0 Å². The summed E-state index contributed by atoms with van der Waals surface area (Å²) in [5, 5.41) is 0. The standard InChI is InChI=1S/C18H26O4/c1-3-5-13-21-15(19)8-12-18-11-7-6-10-17(18,9-4-2)14-16(20)22-18/h7-8,11-12H,3-6,9-10,13-14H2,1-2H3/b12-8+/t17-,18+/m0/s1. The minimum Gasteiger partial charge on any atom is -0.463 e. The molecule has 4 heteroatoms. The third-order valence-corrected chi connectivity index (χ3v) is 4.69. The van der Waals surface area contributed by atoms with Crippen LogP contribution in [0.25, 0.3) is 0 Å². The summed E-state index contributed by atoms with van der Waals surface area (Å²) in [5.74, 6) is -0.542. The number of carbonyl (C=O) groups is 2. The van der Waals surface area contributed by atoms with Crippen molar-refractivity contribution in [3.8, 4) is 0 Å². The Bertz CT molecular complexity index is 479. The van der Waals surface area contributed by atoms with Crippen molar-refractivity contribution in [2.75, 3.05) is 6.61 Å². The molecule has 122 valence electrons. The lowest BCUT2D eigenvalue weighted by molar-refractivity contribution is -0.144. The molecule has 1 heterocycles. The van der Waals surface area contributed by atoms with Crippen LogP contribution >= 0.6 is 0 Å². The van der Waals surface area contributed by atoms with E-state index < -0.39 is 5.60 Å². The maximum Gasteiger partial charge on any atom is 0.330 e. The molecule has 1 aliphatic heterocycles. The number of fused-ring (bicyclic) bond motifs is 1. The Labute approximate surface area is 132 Å². The highest BCUT2D eigenvalue weighted by Crippen LogP contribution is 2.54. The summed E-state index contributed by atoms with van der Waals surface area (Å²) in [6.07, 6.45) is 13.2. The lowest BCUT2D eigenvalue weighted by Gasteiger charge is -2.42. The van der Waals surface area contributed by atoms with Crippen LogP contribution < -0.4 is 0 Å². The molecule has 1 fully saturated rings. The van der Waals surface area contributed by atoms with Gasteiger partial charge in [-0.2, -0.15) is 0 Å². The fourth-order valence-corrected chi connectivity index (χ4v) is 3.57. The summed E-state index contributed by atoms with van der Waals surface area (Å²) in [5.41, 5.74) is -0.990. The minimum atomic E-state index is -0.776. The molecule has 4 nitrogen and oxygen atoms in total. The highest BCUT2D eigenvalue weighted by molar-refractivity contribution is 5.83. The van der Waals surface area contributed by atoms with E-state index in [0.717, 1.165) is 38.5 Å². The fourth-order valence-electron chi connectivity index (χ4n) is 3.57. The third-order valence-electron chi connectivity index (χ3n) is 4.69. The van der Waals surface area contributed by atoms with Crippen LogP contribution in [-0.2, 0) is 19.1 Å². The van der Waals surface area contributed by atoms with Gasteiger partial charge >= 0.3 is 11.9 Å². The van der Waals surface area contributed by atoms with Crippen molar-refractivity contribution in [2.45, 2.75) is 64.4 Å². The van der Waals surface area contributed by atoms with Crippen molar-refractivity contribution >= 4 is 11.9 Å². The quantitative estimate of drug-likeness (QED) is 0.311. The summed E-state index contributed by atoms with van der Waals surface area (Å²) in [4.78, 5) is 23.8. The largest absolute Gasteiger partial charge is 0.463 e. The van der Waals surface area contributed by atoms with Crippen molar-refractivity contribution in [2.24, 2.45) is 5.41 Å². The predicted molar refractivity (Wildman–Crippen MR) is 84.2 cm³/mol. The molecular weight excluding hydrogens is 280 g/mol. The van der Waals surface area contributed by atoms with E-state index in [1.54, 1.807) is 6.08 Å². The number of allylic oxidation sites excluding steroid dienone is 1. The van der Waals surface area contributed by atoms with Crippen LogP contribution in [0, 0.1) is 5.41 Å². The molecule has 0 saturated carbocycles. The van der Waals surface area contributed by atoms with E-state index in [-0.39, 0.29) is 17.4 Å². The zero-order chi connectivity index (χ0) is 16.1. The van der Waals surface area contributed by atoms with Gasteiger partial charge in [0.25, 0.3) is 0 Å². The van der Waals surface area contributed by atoms with Crippen molar-refractivity contribution < 1.29 is 19.1 Å². The third kappa shape index (κ3) is 3.26. The van der Waals surface area contributed by atoms with Crippen LogP contribution in [0.15, 0.2) is 24.3 Å². The number of hydrogen-bond donors (Lipinski definition) is 0. The van der Waals surface area contributed by atoms with Crippen LogP contribution in [0.3, 0.4) is 0 Å². The van der Waals surface area contributed by atoms with Crippen molar-refractivity contribution in [1.82, 2.24) is 0 Å². The molecule has 2 aliphatic rings. The van der Waals surface area contributed by atoms with Crippen molar-refractivity contribution in [1.29, 1.82) is 0 Å². The molecular formula is C18H26O4. The monoisotopic (exact) mass is 306 g/mol. The lowest BCUT2D eigenvalue weighted by atomic mass is 9.63. The second kappa shape index (κ2) is 7.12. The molecule has 1 saturated heterocycles. The Morgan fingerprint density at radius 3 is 2.95 bits per heavy atom. The van der Waals surface area contributed by atoms with Gasteiger partial charge in [0, 0.05) is 11.5 Å². The zero-order valence-electron chi connectivity index (χ0n) is 13.6. The van der Waals surface area contributed by atoms with E-state index in [2.05, 4.69) is 6.92 Å².